The van der Waals surface area contributed by atoms with E-state index < -0.39 is 11.9 Å². The van der Waals surface area contributed by atoms with Gasteiger partial charge in [0.05, 0.1) is 5.92 Å². The fourth-order valence-corrected chi connectivity index (χ4v) is 4.17. The van der Waals surface area contributed by atoms with E-state index in [2.05, 4.69) is 5.32 Å². The van der Waals surface area contributed by atoms with Crippen LogP contribution >= 0.6 is 0 Å². The average molecular weight is 299 g/mol. The van der Waals surface area contributed by atoms with E-state index in [0.29, 0.717) is 5.58 Å². The number of carboxylic acids is 1. The summed E-state index contributed by atoms with van der Waals surface area (Å²) in [5, 5.41) is 13.2. The van der Waals surface area contributed by atoms with Gasteiger partial charge in [0.1, 0.15) is 5.58 Å². The third kappa shape index (κ3) is 2.00. The molecule has 0 aliphatic heterocycles. The van der Waals surface area contributed by atoms with Gasteiger partial charge in [-0.2, -0.15) is 0 Å². The van der Waals surface area contributed by atoms with E-state index in [4.69, 9.17) is 4.42 Å². The van der Waals surface area contributed by atoms with Gasteiger partial charge in [-0.1, -0.05) is 18.2 Å². The van der Waals surface area contributed by atoms with E-state index >= 15 is 0 Å². The maximum absolute atomic E-state index is 12.4. The van der Waals surface area contributed by atoms with Crippen LogP contribution in [-0.2, 0) is 4.79 Å². The quantitative estimate of drug-likeness (QED) is 0.913. The van der Waals surface area contributed by atoms with Crippen LogP contribution in [0.3, 0.4) is 0 Å². The molecule has 4 atom stereocenters. The van der Waals surface area contributed by atoms with Crippen LogP contribution in [0.15, 0.2) is 34.7 Å². The van der Waals surface area contributed by atoms with Gasteiger partial charge < -0.3 is 14.8 Å². The Morgan fingerprint density at radius 1 is 1.18 bits per heavy atom. The third-order valence-electron chi connectivity index (χ3n) is 5.15. The average Bonchev–Trinajstić information content (AvgIpc) is 3.20. The smallest absolute Gasteiger partial charge is 0.308 e. The molecule has 0 unspecified atom stereocenters. The first kappa shape index (κ1) is 13.4. The van der Waals surface area contributed by atoms with Gasteiger partial charge in [0.2, 0.25) is 0 Å². The second-order valence-corrected chi connectivity index (χ2v) is 6.34. The van der Waals surface area contributed by atoms with Crippen LogP contribution in [0.25, 0.3) is 11.0 Å². The van der Waals surface area contributed by atoms with Gasteiger partial charge in [-0.3, -0.25) is 9.59 Å². The summed E-state index contributed by atoms with van der Waals surface area (Å²) in [6.07, 6.45) is 2.86. The fraction of sp³-hybridized carbons (Fsp3) is 0.412. The summed E-state index contributed by atoms with van der Waals surface area (Å²) in [4.78, 5) is 23.9. The Labute approximate surface area is 127 Å². The zero-order valence-electron chi connectivity index (χ0n) is 12.0. The second-order valence-electron chi connectivity index (χ2n) is 6.34. The van der Waals surface area contributed by atoms with Gasteiger partial charge in [-0.15, -0.1) is 0 Å². The van der Waals surface area contributed by atoms with Crippen molar-refractivity contribution in [1.29, 1.82) is 0 Å². The summed E-state index contributed by atoms with van der Waals surface area (Å²) in [6, 6.07) is 8.85. The van der Waals surface area contributed by atoms with Crippen LogP contribution in [0.4, 0.5) is 0 Å². The molecule has 1 aromatic carbocycles. The molecule has 22 heavy (non-hydrogen) atoms. The Kier molecular flexibility index (Phi) is 2.96. The Morgan fingerprint density at radius 2 is 1.95 bits per heavy atom. The minimum absolute atomic E-state index is 0.198. The number of amides is 1. The van der Waals surface area contributed by atoms with Crippen LogP contribution in [0.2, 0.25) is 0 Å². The number of carbonyl (C=O) groups excluding carboxylic acids is 1. The SMILES string of the molecule is O=C(N[C@@H]1[C@H]2CC[C@@H](C2)[C@@H]1C(=O)O)c1cc2ccccc2o1. The van der Waals surface area contributed by atoms with Gasteiger partial charge in [0.25, 0.3) is 5.91 Å². The number of benzene rings is 1. The van der Waals surface area contributed by atoms with E-state index in [1.165, 1.54) is 0 Å². The van der Waals surface area contributed by atoms with Crippen LogP contribution in [-0.4, -0.2) is 23.0 Å². The number of fused-ring (bicyclic) bond motifs is 3. The van der Waals surface area contributed by atoms with Crippen molar-refractivity contribution in [2.24, 2.45) is 17.8 Å². The fourth-order valence-electron chi connectivity index (χ4n) is 4.17. The lowest BCUT2D eigenvalue weighted by molar-refractivity contribution is -0.144. The summed E-state index contributed by atoms with van der Waals surface area (Å²) in [5.41, 5.74) is 0.662. The Hall–Kier alpha value is -2.30. The van der Waals surface area contributed by atoms with Gasteiger partial charge in [0, 0.05) is 11.4 Å². The molecule has 0 saturated heterocycles. The zero-order valence-corrected chi connectivity index (χ0v) is 12.0. The summed E-state index contributed by atoms with van der Waals surface area (Å²) < 4.78 is 5.56. The molecule has 1 aromatic heterocycles. The molecular formula is C17H17NO4. The van der Waals surface area contributed by atoms with Crippen LogP contribution in [0, 0.1) is 17.8 Å². The number of para-hydroxylation sites is 1. The summed E-state index contributed by atoms with van der Waals surface area (Å²) in [6.45, 7) is 0. The van der Waals surface area contributed by atoms with E-state index in [1.54, 1.807) is 6.07 Å². The van der Waals surface area contributed by atoms with E-state index in [9.17, 15) is 14.7 Å². The highest BCUT2D eigenvalue weighted by Crippen LogP contribution is 2.48. The van der Waals surface area contributed by atoms with Gasteiger partial charge in [0.15, 0.2) is 5.76 Å². The number of furan rings is 1. The summed E-state index contributed by atoms with van der Waals surface area (Å²) in [7, 11) is 0. The van der Waals surface area contributed by atoms with Crippen molar-refractivity contribution in [3.8, 4) is 0 Å². The first-order valence-corrected chi connectivity index (χ1v) is 7.66. The first-order chi connectivity index (χ1) is 10.6. The minimum atomic E-state index is -0.804. The third-order valence-corrected chi connectivity index (χ3v) is 5.15. The molecular weight excluding hydrogens is 282 g/mol. The number of rotatable bonds is 3. The van der Waals surface area contributed by atoms with Crippen molar-refractivity contribution in [2.75, 3.05) is 0 Å². The standard InChI is InChI=1S/C17H17NO4/c19-16(13-8-9-3-1-2-4-12(9)22-13)18-15-11-6-5-10(7-11)14(15)17(20)21/h1-4,8,10-11,14-15H,5-7H2,(H,18,19)(H,20,21)/t10-,11-,14-,15+/m0/s1. The molecule has 2 bridgehead atoms. The Balaban J connectivity index is 1.57. The molecule has 4 rings (SSSR count). The molecule has 1 heterocycles. The molecule has 114 valence electrons. The number of hydrogen-bond acceptors (Lipinski definition) is 3. The van der Waals surface area contributed by atoms with E-state index in [0.717, 1.165) is 24.6 Å². The van der Waals surface area contributed by atoms with Crippen molar-refractivity contribution >= 4 is 22.8 Å². The Morgan fingerprint density at radius 3 is 2.73 bits per heavy atom. The number of aliphatic carboxylic acids is 1. The molecule has 5 heteroatoms. The molecule has 2 saturated carbocycles. The first-order valence-electron chi connectivity index (χ1n) is 7.66. The van der Waals surface area contributed by atoms with E-state index in [-0.39, 0.29) is 29.5 Å². The molecule has 2 aliphatic rings. The van der Waals surface area contributed by atoms with Gasteiger partial charge in [-0.05, 0) is 43.2 Å². The highest BCUT2D eigenvalue weighted by atomic mass is 16.4. The van der Waals surface area contributed by atoms with Crippen molar-refractivity contribution in [1.82, 2.24) is 5.32 Å². The minimum Gasteiger partial charge on any atom is -0.481 e. The van der Waals surface area contributed by atoms with Crippen molar-refractivity contribution in [3.63, 3.8) is 0 Å². The zero-order chi connectivity index (χ0) is 15.3. The molecule has 2 aliphatic carbocycles. The molecule has 2 fully saturated rings. The lowest BCUT2D eigenvalue weighted by atomic mass is 9.84. The molecule has 1 amide bonds. The number of carboxylic acid groups (broad SMARTS) is 1. The normalized spacial score (nSPS) is 29.8. The summed E-state index contributed by atoms with van der Waals surface area (Å²) >= 11 is 0. The van der Waals surface area contributed by atoms with Gasteiger partial charge in [-0.25, -0.2) is 0 Å². The second kappa shape index (κ2) is 4.87. The maximum atomic E-state index is 12.4. The highest BCUT2D eigenvalue weighted by Gasteiger charge is 2.51. The Bertz CT molecular complexity index is 717. The molecule has 5 nitrogen and oxygen atoms in total. The highest BCUT2D eigenvalue weighted by molar-refractivity contribution is 5.96. The number of carbonyl (C=O) groups is 2. The van der Waals surface area contributed by atoms with Crippen molar-refractivity contribution in [3.05, 3.63) is 36.1 Å². The molecule has 2 N–H and O–H groups in total. The maximum Gasteiger partial charge on any atom is 0.308 e. The summed E-state index contributed by atoms with van der Waals surface area (Å²) in [5.74, 6) is -0.870. The van der Waals surface area contributed by atoms with Crippen molar-refractivity contribution in [2.45, 2.75) is 25.3 Å². The molecule has 2 aromatic rings. The van der Waals surface area contributed by atoms with Crippen LogP contribution in [0.1, 0.15) is 29.8 Å². The van der Waals surface area contributed by atoms with Gasteiger partial charge >= 0.3 is 5.97 Å². The topological polar surface area (TPSA) is 79.5 Å². The molecule has 0 radical (unpaired) electrons. The number of nitrogens with one attached hydrogen (secondary N) is 1. The monoisotopic (exact) mass is 299 g/mol. The van der Waals surface area contributed by atoms with Crippen LogP contribution in [0.5, 0.6) is 0 Å². The van der Waals surface area contributed by atoms with Crippen molar-refractivity contribution < 1.29 is 19.1 Å². The predicted octanol–water partition coefficient (Wildman–Crippen LogP) is 2.66. The molecule has 0 spiro atoms. The lowest BCUT2D eigenvalue weighted by Crippen LogP contribution is -2.46. The van der Waals surface area contributed by atoms with Crippen LogP contribution < -0.4 is 5.32 Å². The van der Waals surface area contributed by atoms with E-state index in [1.807, 2.05) is 24.3 Å². The number of hydrogen-bond donors (Lipinski definition) is 2. The predicted molar refractivity (Wildman–Crippen MR) is 79.4 cm³/mol. The lowest BCUT2D eigenvalue weighted by Gasteiger charge is -2.28. The largest absolute Gasteiger partial charge is 0.481 e.